The SMILES string of the molecule is CC(C(C)N1CC(=O)N(COC(=O)[C@H](C)N)C(=O)C1)N1CC(=O)NC(=O)C1. The third-order valence-electron chi connectivity index (χ3n) is 4.81. The number of nitrogens with zero attached hydrogens (tertiary/aromatic N) is 3. The normalized spacial score (nSPS) is 23.0. The number of ether oxygens (including phenoxy) is 1. The summed E-state index contributed by atoms with van der Waals surface area (Å²) in [7, 11) is 0. The van der Waals surface area contributed by atoms with Gasteiger partial charge in [0, 0.05) is 12.1 Å². The summed E-state index contributed by atoms with van der Waals surface area (Å²) in [5.41, 5.74) is 5.38. The van der Waals surface area contributed by atoms with Crippen LogP contribution in [0.4, 0.5) is 0 Å². The first kappa shape index (κ1) is 20.9. The number of imide groups is 2. The average Bonchev–Trinajstić information content (AvgIpc) is 2.58. The van der Waals surface area contributed by atoms with Gasteiger partial charge in [0.25, 0.3) is 0 Å². The van der Waals surface area contributed by atoms with Gasteiger partial charge in [-0.2, -0.15) is 0 Å². The van der Waals surface area contributed by atoms with E-state index in [-0.39, 0.29) is 50.1 Å². The highest BCUT2D eigenvalue weighted by Crippen LogP contribution is 2.16. The van der Waals surface area contributed by atoms with Crippen LogP contribution in [-0.4, -0.2) is 95.3 Å². The maximum atomic E-state index is 12.3. The van der Waals surface area contributed by atoms with Crippen molar-refractivity contribution >= 4 is 29.6 Å². The molecule has 3 N–H and O–H groups in total. The smallest absolute Gasteiger partial charge is 0.324 e. The van der Waals surface area contributed by atoms with Gasteiger partial charge in [-0.15, -0.1) is 0 Å². The monoisotopic (exact) mass is 383 g/mol. The van der Waals surface area contributed by atoms with E-state index in [9.17, 15) is 24.0 Å². The fourth-order valence-electron chi connectivity index (χ4n) is 2.96. The van der Waals surface area contributed by atoms with Crippen LogP contribution >= 0.6 is 0 Å². The largest absolute Gasteiger partial charge is 0.443 e. The Balaban J connectivity index is 1.95. The third-order valence-corrected chi connectivity index (χ3v) is 4.81. The molecule has 150 valence electrons. The van der Waals surface area contributed by atoms with Crippen molar-refractivity contribution in [3.8, 4) is 0 Å². The molecule has 0 radical (unpaired) electrons. The Morgan fingerprint density at radius 1 is 0.963 bits per heavy atom. The molecule has 0 aromatic heterocycles. The van der Waals surface area contributed by atoms with Gasteiger partial charge in [-0.3, -0.25) is 39.1 Å². The lowest BCUT2D eigenvalue weighted by atomic mass is 10.1. The van der Waals surface area contributed by atoms with Crippen molar-refractivity contribution in [1.29, 1.82) is 0 Å². The number of hydrogen-bond acceptors (Lipinski definition) is 9. The summed E-state index contributed by atoms with van der Waals surface area (Å²) in [6, 6.07) is -1.34. The van der Waals surface area contributed by atoms with Crippen molar-refractivity contribution in [2.75, 3.05) is 32.9 Å². The number of carbonyl (C=O) groups is 5. The van der Waals surface area contributed by atoms with Gasteiger partial charge in [-0.25, -0.2) is 4.90 Å². The molecule has 0 bridgehead atoms. The van der Waals surface area contributed by atoms with E-state index in [0.717, 1.165) is 4.90 Å². The van der Waals surface area contributed by atoms with Gasteiger partial charge in [-0.05, 0) is 20.8 Å². The quantitative estimate of drug-likeness (QED) is 0.368. The maximum Gasteiger partial charge on any atom is 0.324 e. The first-order chi connectivity index (χ1) is 12.6. The number of piperazine rings is 2. The van der Waals surface area contributed by atoms with Crippen LogP contribution in [0.15, 0.2) is 0 Å². The van der Waals surface area contributed by atoms with Crippen LogP contribution in [0.5, 0.6) is 0 Å². The summed E-state index contributed by atoms with van der Waals surface area (Å²) >= 11 is 0. The average molecular weight is 383 g/mol. The van der Waals surface area contributed by atoms with Gasteiger partial charge in [0.15, 0.2) is 6.73 Å². The lowest BCUT2D eigenvalue weighted by Gasteiger charge is -2.41. The van der Waals surface area contributed by atoms with Crippen LogP contribution in [0, 0.1) is 0 Å². The highest BCUT2D eigenvalue weighted by atomic mass is 16.5. The molecule has 0 aliphatic carbocycles. The van der Waals surface area contributed by atoms with E-state index in [2.05, 4.69) is 5.32 Å². The summed E-state index contributed by atoms with van der Waals surface area (Å²) in [6.07, 6.45) is 0. The molecule has 2 fully saturated rings. The van der Waals surface area contributed by atoms with E-state index in [4.69, 9.17) is 10.5 Å². The zero-order valence-electron chi connectivity index (χ0n) is 15.6. The summed E-state index contributed by atoms with van der Waals surface area (Å²) in [4.78, 5) is 63.4. The lowest BCUT2D eigenvalue weighted by molar-refractivity contribution is -0.165. The Morgan fingerprint density at radius 2 is 1.41 bits per heavy atom. The predicted molar refractivity (Wildman–Crippen MR) is 91.7 cm³/mol. The molecule has 2 saturated heterocycles. The molecule has 2 heterocycles. The number of amides is 4. The van der Waals surface area contributed by atoms with E-state index in [1.807, 2.05) is 13.8 Å². The fraction of sp³-hybridized carbons (Fsp3) is 0.688. The molecule has 3 atom stereocenters. The highest BCUT2D eigenvalue weighted by molar-refractivity contribution is 6.00. The molecule has 0 aromatic carbocycles. The Bertz CT molecular complexity index is 617. The molecule has 2 rings (SSSR count). The number of hydrogen-bond donors (Lipinski definition) is 2. The molecule has 11 heteroatoms. The number of esters is 1. The van der Waals surface area contributed by atoms with Crippen molar-refractivity contribution in [2.45, 2.75) is 38.9 Å². The first-order valence-corrected chi connectivity index (χ1v) is 8.66. The number of nitrogens with one attached hydrogen (secondary N) is 1. The summed E-state index contributed by atoms with van der Waals surface area (Å²) in [5.74, 6) is -2.44. The molecule has 0 spiro atoms. The molecule has 2 unspecified atom stereocenters. The predicted octanol–water partition coefficient (Wildman–Crippen LogP) is -2.76. The molecular formula is C16H25N5O6. The van der Waals surface area contributed by atoms with E-state index in [0.29, 0.717) is 0 Å². The molecule has 4 amide bonds. The van der Waals surface area contributed by atoms with Gasteiger partial charge >= 0.3 is 5.97 Å². The van der Waals surface area contributed by atoms with E-state index in [1.165, 1.54) is 6.92 Å². The second-order valence-electron chi connectivity index (χ2n) is 6.86. The van der Waals surface area contributed by atoms with Crippen molar-refractivity contribution < 1.29 is 28.7 Å². The number of carbonyl (C=O) groups excluding carboxylic acids is 5. The van der Waals surface area contributed by atoms with Gasteiger partial charge in [0.1, 0.15) is 6.04 Å². The summed E-state index contributed by atoms with van der Waals surface area (Å²) in [5, 5.41) is 2.24. The summed E-state index contributed by atoms with van der Waals surface area (Å²) < 4.78 is 4.86. The Labute approximate surface area is 156 Å². The van der Waals surface area contributed by atoms with Gasteiger partial charge in [0.05, 0.1) is 26.2 Å². The number of rotatable bonds is 6. The molecule has 27 heavy (non-hydrogen) atoms. The van der Waals surface area contributed by atoms with Crippen LogP contribution in [0.3, 0.4) is 0 Å². The zero-order chi connectivity index (χ0) is 20.3. The van der Waals surface area contributed by atoms with Crippen LogP contribution in [-0.2, 0) is 28.7 Å². The highest BCUT2D eigenvalue weighted by Gasteiger charge is 2.38. The topological polar surface area (TPSA) is 142 Å². The van der Waals surface area contributed by atoms with Crippen molar-refractivity contribution in [3.05, 3.63) is 0 Å². The maximum absolute atomic E-state index is 12.3. The first-order valence-electron chi connectivity index (χ1n) is 8.66. The Hall–Kier alpha value is -2.37. The molecule has 0 saturated carbocycles. The zero-order valence-corrected chi connectivity index (χ0v) is 15.6. The lowest BCUT2D eigenvalue weighted by Crippen LogP contribution is -2.62. The minimum absolute atomic E-state index is 0.0407. The second-order valence-corrected chi connectivity index (χ2v) is 6.86. The Kier molecular flexibility index (Phi) is 6.63. The second kappa shape index (κ2) is 8.55. The van der Waals surface area contributed by atoms with Gasteiger partial charge < -0.3 is 10.5 Å². The minimum Gasteiger partial charge on any atom is -0.443 e. The summed E-state index contributed by atoms with van der Waals surface area (Å²) in [6.45, 7) is 4.71. The molecular weight excluding hydrogens is 358 g/mol. The van der Waals surface area contributed by atoms with Crippen LogP contribution in [0.2, 0.25) is 0 Å². The van der Waals surface area contributed by atoms with Crippen LogP contribution < -0.4 is 11.1 Å². The van der Waals surface area contributed by atoms with Crippen LogP contribution in [0.25, 0.3) is 0 Å². The van der Waals surface area contributed by atoms with Crippen molar-refractivity contribution in [1.82, 2.24) is 20.0 Å². The molecule has 2 aliphatic rings. The molecule has 0 aromatic rings. The van der Waals surface area contributed by atoms with Crippen molar-refractivity contribution in [3.63, 3.8) is 0 Å². The van der Waals surface area contributed by atoms with Crippen molar-refractivity contribution in [2.24, 2.45) is 5.73 Å². The third kappa shape index (κ3) is 5.08. The fourth-order valence-corrected chi connectivity index (χ4v) is 2.96. The number of nitrogens with two attached hydrogens (primary N) is 1. The molecule has 2 aliphatic heterocycles. The van der Waals surface area contributed by atoms with E-state index >= 15 is 0 Å². The molecule has 11 nitrogen and oxygen atoms in total. The van der Waals surface area contributed by atoms with E-state index in [1.54, 1.807) is 9.80 Å². The van der Waals surface area contributed by atoms with Crippen LogP contribution in [0.1, 0.15) is 20.8 Å². The minimum atomic E-state index is -0.846. The van der Waals surface area contributed by atoms with E-state index < -0.39 is 30.6 Å². The Morgan fingerprint density at radius 3 is 1.85 bits per heavy atom. The standard InChI is InChI=1S/C16H25N5O6/c1-9(17)16(26)27-8-21-14(24)6-20(7-15(21)25)11(3)10(2)19-4-12(22)18-13(23)5-19/h9-11H,4-8,17H2,1-3H3,(H,18,22,23)/t9-,10?,11?/m0/s1. The van der Waals surface area contributed by atoms with Gasteiger partial charge in [0.2, 0.25) is 23.6 Å². The van der Waals surface area contributed by atoms with Gasteiger partial charge in [-0.1, -0.05) is 0 Å².